The van der Waals surface area contributed by atoms with E-state index in [1.807, 2.05) is 179 Å². The highest BCUT2D eigenvalue weighted by molar-refractivity contribution is 5.68. The minimum Gasteiger partial charge on any atom is -0.480 e. The molecule has 2 heterocycles. The average molecular weight is 1330 g/mol. The van der Waals surface area contributed by atoms with Gasteiger partial charge in [0.25, 0.3) is 0 Å². The van der Waals surface area contributed by atoms with E-state index in [0.29, 0.717) is 26.5 Å². The maximum atomic E-state index is 13.9. The summed E-state index contributed by atoms with van der Waals surface area (Å²) in [7, 11) is 17.6. The smallest absolute Gasteiger partial charge is 0.329 e. The molecular weight excluding hydrogens is 1220 g/mol. The van der Waals surface area contributed by atoms with E-state index in [0.717, 1.165) is 33.4 Å². The molecule has 6 rings (SSSR count). The number of rotatable bonds is 37. The van der Waals surface area contributed by atoms with Crippen molar-refractivity contribution in [3.63, 3.8) is 0 Å². The molecule has 1 saturated carbocycles. The fourth-order valence-electron chi connectivity index (χ4n) is 13.6. The molecule has 3 unspecified atom stereocenters. The zero-order chi connectivity index (χ0) is 69.6. The van der Waals surface area contributed by atoms with Crippen LogP contribution >= 0.6 is 0 Å². The molecule has 3 aromatic carbocycles. The first-order valence-electron chi connectivity index (χ1n) is 32.8. The summed E-state index contributed by atoms with van der Waals surface area (Å²) in [5, 5.41) is 106. The first-order chi connectivity index (χ1) is 43.9. The van der Waals surface area contributed by atoms with Gasteiger partial charge in [0.1, 0.15) is 94.4 Å². The largest absolute Gasteiger partial charge is 0.480 e. The van der Waals surface area contributed by atoms with Crippen molar-refractivity contribution in [2.24, 2.45) is 11.8 Å². The second-order valence-corrected chi connectivity index (χ2v) is 29.8. The van der Waals surface area contributed by atoms with Gasteiger partial charge in [-0.05, 0) is 62.6 Å². The Hall–Kier alpha value is -4.69. The molecule has 530 valence electrons. The molecule has 0 bridgehead atoms. The Labute approximate surface area is 556 Å². The molecule has 9 N–H and O–H groups in total. The molecule has 3 fully saturated rings. The van der Waals surface area contributed by atoms with Crippen LogP contribution in [-0.2, 0) is 67.2 Å². The van der Waals surface area contributed by atoms with Crippen LogP contribution in [0.5, 0.6) is 0 Å². The number of aliphatic hydroxyl groups excluding tert-OH is 6. The van der Waals surface area contributed by atoms with Gasteiger partial charge in [0.05, 0.1) is 120 Å². The topological polar surface area (TPSA) is 308 Å². The van der Waals surface area contributed by atoms with Crippen LogP contribution in [0.1, 0.15) is 53.6 Å². The van der Waals surface area contributed by atoms with E-state index in [9.17, 15) is 60.3 Å². The van der Waals surface area contributed by atoms with E-state index in [-0.39, 0.29) is 58.8 Å². The van der Waals surface area contributed by atoms with Crippen molar-refractivity contribution < 1.29 is 107 Å². The summed E-state index contributed by atoms with van der Waals surface area (Å²) < 4.78 is 47.2. The first-order valence-corrected chi connectivity index (χ1v) is 32.8. The summed E-state index contributed by atoms with van der Waals surface area (Å²) >= 11 is 0. The Bertz CT molecular complexity index is 2780. The molecule has 2 aliphatic heterocycles. The van der Waals surface area contributed by atoms with Crippen LogP contribution in [0.4, 0.5) is 0 Å². The monoisotopic (exact) mass is 1330 g/mol. The lowest BCUT2D eigenvalue weighted by Gasteiger charge is -2.54. The average Bonchev–Trinajstić information content (AvgIpc) is 0.763. The molecule has 18 atom stereocenters. The van der Waals surface area contributed by atoms with Crippen molar-refractivity contribution in [1.29, 1.82) is 0 Å². The van der Waals surface area contributed by atoms with E-state index in [1.165, 1.54) is 0 Å². The quantitative estimate of drug-likeness (QED) is 0.0369. The maximum absolute atomic E-state index is 13.9. The van der Waals surface area contributed by atoms with Crippen molar-refractivity contribution in [3.05, 3.63) is 106 Å². The Balaban J connectivity index is 1.57. The number of aryl methyl sites for hydroxylation is 3. The summed E-state index contributed by atoms with van der Waals surface area (Å²) in [4.78, 5) is 42.0. The normalized spacial score (nSPS) is 28.2. The van der Waals surface area contributed by atoms with Gasteiger partial charge >= 0.3 is 17.9 Å². The molecule has 25 heteroatoms. The molecule has 0 aromatic heterocycles. The number of benzene rings is 3. The third-order valence-electron chi connectivity index (χ3n) is 17.7. The molecule has 1 aliphatic carbocycles. The molecule has 0 spiro atoms. The highest BCUT2D eigenvalue weighted by Crippen LogP contribution is 2.41. The summed E-state index contributed by atoms with van der Waals surface area (Å²) in [6.07, 6.45) is -16.3. The van der Waals surface area contributed by atoms with Gasteiger partial charge in [-0.15, -0.1) is 0 Å². The predicted molar refractivity (Wildman–Crippen MR) is 350 cm³/mol. The number of likely N-dealkylation sites (N-methyl/N-ethyl adjacent to an activating group) is 3. The zero-order valence-electron chi connectivity index (χ0n) is 57.9. The van der Waals surface area contributed by atoms with Crippen LogP contribution in [0, 0.1) is 32.6 Å². The summed E-state index contributed by atoms with van der Waals surface area (Å²) in [6, 6.07) is 20.3. The molecule has 94 heavy (non-hydrogen) atoms. The van der Waals surface area contributed by atoms with E-state index in [4.69, 9.17) is 33.2 Å². The van der Waals surface area contributed by atoms with Gasteiger partial charge in [0.15, 0.2) is 6.29 Å². The Morgan fingerprint density at radius 2 is 0.830 bits per heavy atom. The van der Waals surface area contributed by atoms with Crippen LogP contribution in [0.15, 0.2) is 72.8 Å². The number of hydrogen-bond donors (Lipinski definition) is 9. The molecule has 3 aliphatic rings. The van der Waals surface area contributed by atoms with Crippen LogP contribution in [0.3, 0.4) is 0 Å². The van der Waals surface area contributed by atoms with Gasteiger partial charge in [-0.3, -0.25) is 14.7 Å². The van der Waals surface area contributed by atoms with Crippen molar-refractivity contribution in [2.75, 3.05) is 142 Å². The Morgan fingerprint density at radius 1 is 0.489 bits per heavy atom. The summed E-state index contributed by atoms with van der Waals surface area (Å²) in [6.45, 7) is 7.82. The second-order valence-electron chi connectivity index (χ2n) is 29.8. The summed E-state index contributed by atoms with van der Waals surface area (Å²) in [5.74, 6) is -4.83. The van der Waals surface area contributed by atoms with Gasteiger partial charge < -0.3 is 92.6 Å². The van der Waals surface area contributed by atoms with Crippen LogP contribution in [-0.4, -0.2) is 332 Å². The molecular formula is C69H113N6O19+3. The number of nitrogens with zero attached hydrogens (tertiary/aromatic N) is 6. The number of ether oxygens (including phenoxy) is 7. The maximum Gasteiger partial charge on any atom is 0.329 e. The number of aliphatic carboxylic acids is 3. The van der Waals surface area contributed by atoms with E-state index < -0.39 is 160 Å². The molecule has 2 saturated heterocycles. The molecule has 0 radical (unpaired) electrons. The van der Waals surface area contributed by atoms with Gasteiger partial charge in [0.2, 0.25) is 0 Å². The number of carbonyl (C=O) groups is 3. The summed E-state index contributed by atoms with van der Waals surface area (Å²) in [5.41, 5.74) is 5.52. The van der Waals surface area contributed by atoms with E-state index in [1.54, 1.807) is 6.92 Å². The third-order valence-corrected chi connectivity index (χ3v) is 17.7. The van der Waals surface area contributed by atoms with Gasteiger partial charge in [-0.25, -0.2) is 14.4 Å². The van der Waals surface area contributed by atoms with E-state index >= 15 is 0 Å². The van der Waals surface area contributed by atoms with Crippen molar-refractivity contribution in [3.8, 4) is 0 Å². The number of quaternary nitrogens is 3. The SMILES string of the molecule is Cc1ccc(CN(CC(O)C[N+](C)(C)C)[C@@H]2[C@@H](O)[C@H](O[C@@H]3O[C@H](COCC(=O)O)[C@@H](O[C@@H]4C[C@H](COCC(=O)O)[C@@H](C)[C@H](O)[C@H]4N(Cc4ccc(C)cc4)CC(O)C[N+](C)(C)C)[C@H](O)[C@H]3N(Cc3ccc(C)cc3)CC(O)C[N+](C)(C)C)[C@@H](COCC(=O)O)O[C@H]2C)cc1. The minimum absolute atomic E-state index is 0.0553. The lowest BCUT2D eigenvalue weighted by Crippen LogP contribution is -2.70. The van der Waals surface area contributed by atoms with Crippen molar-refractivity contribution in [2.45, 2.75) is 158 Å². The third kappa shape index (κ3) is 24.7. The van der Waals surface area contributed by atoms with Crippen molar-refractivity contribution >= 4 is 17.9 Å². The van der Waals surface area contributed by atoms with E-state index in [2.05, 4.69) is 0 Å². The molecule has 3 aromatic rings. The molecule has 0 amide bonds. The Kier molecular flexibility index (Phi) is 29.3. The van der Waals surface area contributed by atoms with Crippen LogP contribution in [0.25, 0.3) is 0 Å². The number of aliphatic hydroxyl groups is 6. The van der Waals surface area contributed by atoms with Crippen molar-refractivity contribution in [1.82, 2.24) is 14.7 Å². The number of carboxylic acid groups (broad SMARTS) is 3. The number of carboxylic acids is 3. The minimum atomic E-state index is -1.73. The predicted octanol–water partition coefficient (Wildman–Crippen LogP) is 1.42. The second kappa shape index (κ2) is 35.2. The van der Waals surface area contributed by atoms with Gasteiger partial charge in [-0.1, -0.05) is 96.4 Å². The van der Waals surface area contributed by atoms with Gasteiger partial charge in [0, 0.05) is 39.3 Å². The first kappa shape index (κ1) is 78.3. The van der Waals surface area contributed by atoms with Crippen LogP contribution < -0.4 is 0 Å². The highest BCUT2D eigenvalue weighted by atomic mass is 16.7. The highest BCUT2D eigenvalue weighted by Gasteiger charge is 2.56. The fourth-order valence-corrected chi connectivity index (χ4v) is 13.6. The van der Waals surface area contributed by atoms with Gasteiger partial charge in [-0.2, -0.15) is 0 Å². The molecule has 25 nitrogen and oxygen atoms in total. The standard InChI is InChI=1S/C69H110N6O19/c1-43-15-21-48(22-16-43)28-70(31-52(76)34-73(6,7)8)61-47(5)91-56(38-89-41-59(81)82)68(65(61)86)94-69-63(72(33-54(78)36-75(12,13)14)30-50-25-19-45(3)20-26-50)66(87)67(57(93-69)39-90-42-60(83)84)92-55-27-51(37-88-40-58(79)80)46(4)64(85)62(55)71(32-53(77)35-74(9,10)11)29-49-23-17-44(2)18-24-49/h15-26,46-47,51-57,61-69,76-78,85-87H,27-42H2,1-14H3/p+3/t46-,47+,51-,52?,53?,54?,55-,56-,57-,61+,62+,63-,64+,65-,66-,67-,68-,69+/m1/s1. The zero-order valence-corrected chi connectivity index (χ0v) is 57.9. The Morgan fingerprint density at radius 3 is 1.21 bits per heavy atom. The number of hydrogen-bond acceptors (Lipinski definition) is 19. The lowest BCUT2D eigenvalue weighted by molar-refractivity contribution is -0.873. The van der Waals surface area contributed by atoms with Crippen LogP contribution in [0.2, 0.25) is 0 Å². The lowest BCUT2D eigenvalue weighted by atomic mass is 9.73. The fraction of sp³-hybridized carbons (Fsp3) is 0.696.